The molecule has 0 bridgehead atoms. The van der Waals surface area contributed by atoms with Gasteiger partial charge < -0.3 is 15.4 Å². The minimum Gasteiger partial charge on any atom is -0.465 e. The Labute approximate surface area is 121 Å². The van der Waals surface area contributed by atoms with Crippen LogP contribution in [0.3, 0.4) is 0 Å². The highest BCUT2D eigenvalue weighted by atomic mass is 16.5. The maximum absolute atomic E-state index is 12.6. The monoisotopic (exact) mass is 284 g/mol. The van der Waals surface area contributed by atoms with Gasteiger partial charge in [0.15, 0.2) is 0 Å². The number of amides is 1. The number of esters is 1. The first kappa shape index (κ1) is 17.0. The van der Waals surface area contributed by atoms with Crippen LogP contribution in [0.5, 0.6) is 0 Å². The zero-order valence-corrected chi connectivity index (χ0v) is 12.9. The van der Waals surface area contributed by atoms with E-state index in [0.29, 0.717) is 19.1 Å². The third-order valence-electron chi connectivity index (χ3n) is 3.66. The Balaban J connectivity index is 2.70. The molecule has 0 saturated heterocycles. The highest BCUT2D eigenvalue weighted by Gasteiger charge is 2.32. The fourth-order valence-electron chi connectivity index (χ4n) is 2.74. The van der Waals surface area contributed by atoms with E-state index >= 15 is 0 Å². The largest absolute Gasteiger partial charge is 0.465 e. The summed E-state index contributed by atoms with van der Waals surface area (Å²) in [6, 6.07) is -0.0758. The van der Waals surface area contributed by atoms with E-state index in [1.807, 2.05) is 13.8 Å². The summed E-state index contributed by atoms with van der Waals surface area (Å²) in [5.74, 6) is -0.157. The molecule has 0 aliphatic heterocycles. The van der Waals surface area contributed by atoms with Crippen molar-refractivity contribution < 1.29 is 14.3 Å². The van der Waals surface area contributed by atoms with Crippen molar-refractivity contribution in [1.82, 2.24) is 4.90 Å². The van der Waals surface area contributed by atoms with E-state index in [1.165, 1.54) is 0 Å². The van der Waals surface area contributed by atoms with Crippen LogP contribution in [0.15, 0.2) is 0 Å². The summed E-state index contributed by atoms with van der Waals surface area (Å²) in [6.45, 7) is 6.78. The standard InChI is InChI=1S/C15H28N2O3/c1-4-20-14(18)10-17(9-11(2)3)15(19)12-7-5-6-8-13(12)16/h11-13H,4-10,16H2,1-3H3. The number of hydrogen-bond donors (Lipinski definition) is 1. The molecule has 1 fully saturated rings. The Bertz CT molecular complexity index is 331. The minimum absolute atomic E-state index is 0.0129. The zero-order valence-electron chi connectivity index (χ0n) is 12.9. The van der Waals surface area contributed by atoms with Crippen molar-refractivity contribution >= 4 is 11.9 Å². The molecular weight excluding hydrogens is 256 g/mol. The van der Waals surface area contributed by atoms with E-state index in [-0.39, 0.29) is 30.4 Å². The van der Waals surface area contributed by atoms with Crippen LogP contribution in [0.4, 0.5) is 0 Å². The Morgan fingerprint density at radius 1 is 1.30 bits per heavy atom. The molecule has 20 heavy (non-hydrogen) atoms. The van der Waals surface area contributed by atoms with Crippen LogP contribution in [0, 0.1) is 11.8 Å². The predicted octanol–water partition coefficient (Wildman–Crippen LogP) is 1.55. The second-order valence-electron chi connectivity index (χ2n) is 5.97. The topological polar surface area (TPSA) is 72.6 Å². The molecule has 0 spiro atoms. The van der Waals surface area contributed by atoms with Gasteiger partial charge in [0.1, 0.15) is 6.54 Å². The summed E-state index contributed by atoms with van der Waals surface area (Å²) in [5, 5.41) is 0. The summed E-state index contributed by atoms with van der Waals surface area (Å²) in [7, 11) is 0. The molecule has 1 aliphatic carbocycles. The summed E-state index contributed by atoms with van der Waals surface area (Å²) >= 11 is 0. The number of carbonyl (C=O) groups is 2. The molecule has 0 heterocycles. The number of nitrogens with zero attached hydrogens (tertiary/aromatic N) is 1. The predicted molar refractivity (Wildman–Crippen MR) is 78.0 cm³/mol. The molecule has 5 nitrogen and oxygen atoms in total. The van der Waals surface area contributed by atoms with Crippen LogP contribution >= 0.6 is 0 Å². The lowest BCUT2D eigenvalue weighted by Crippen LogP contribution is -2.48. The zero-order chi connectivity index (χ0) is 15.1. The maximum atomic E-state index is 12.6. The number of rotatable bonds is 6. The van der Waals surface area contributed by atoms with Crippen LogP contribution in [-0.2, 0) is 14.3 Å². The molecule has 5 heteroatoms. The van der Waals surface area contributed by atoms with E-state index in [4.69, 9.17) is 10.5 Å². The SMILES string of the molecule is CCOC(=O)CN(CC(C)C)C(=O)C1CCCCC1N. The van der Waals surface area contributed by atoms with E-state index in [0.717, 1.165) is 25.7 Å². The first-order chi connectivity index (χ1) is 9.45. The first-order valence-electron chi connectivity index (χ1n) is 7.65. The highest BCUT2D eigenvalue weighted by molar-refractivity contribution is 5.84. The van der Waals surface area contributed by atoms with Gasteiger partial charge in [0.25, 0.3) is 0 Å². The van der Waals surface area contributed by atoms with Crippen molar-refractivity contribution in [3.8, 4) is 0 Å². The summed E-state index contributed by atoms with van der Waals surface area (Å²) in [6.07, 6.45) is 3.86. The van der Waals surface area contributed by atoms with Crippen molar-refractivity contribution in [1.29, 1.82) is 0 Å². The van der Waals surface area contributed by atoms with Crippen LogP contribution in [0.1, 0.15) is 46.5 Å². The molecule has 1 aliphatic rings. The van der Waals surface area contributed by atoms with Gasteiger partial charge in [0.2, 0.25) is 5.91 Å². The molecule has 2 unspecified atom stereocenters. The van der Waals surface area contributed by atoms with Gasteiger partial charge in [-0.15, -0.1) is 0 Å². The number of carbonyl (C=O) groups excluding carboxylic acids is 2. The van der Waals surface area contributed by atoms with Crippen molar-refractivity contribution in [2.75, 3.05) is 19.7 Å². The molecule has 0 radical (unpaired) electrons. The lowest BCUT2D eigenvalue weighted by molar-refractivity contribution is -0.151. The van der Waals surface area contributed by atoms with Gasteiger partial charge in [-0.2, -0.15) is 0 Å². The molecule has 1 amide bonds. The van der Waals surface area contributed by atoms with Crippen molar-refractivity contribution in [3.63, 3.8) is 0 Å². The number of nitrogens with two attached hydrogens (primary N) is 1. The Kier molecular flexibility index (Phi) is 6.99. The number of ether oxygens (including phenoxy) is 1. The minimum atomic E-state index is -0.342. The van der Waals surface area contributed by atoms with Crippen LogP contribution in [0.25, 0.3) is 0 Å². The molecule has 2 atom stereocenters. The maximum Gasteiger partial charge on any atom is 0.325 e. The van der Waals surface area contributed by atoms with Crippen LogP contribution in [-0.4, -0.2) is 42.5 Å². The van der Waals surface area contributed by atoms with Gasteiger partial charge in [0.05, 0.1) is 12.5 Å². The Morgan fingerprint density at radius 3 is 2.50 bits per heavy atom. The molecule has 116 valence electrons. The van der Waals surface area contributed by atoms with E-state index < -0.39 is 0 Å². The third kappa shape index (κ3) is 5.12. The molecule has 1 saturated carbocycles. The molecule has 2 N–H and O–H groups in total. The summed E-state index contributed by atoms with van der Waals surface area (Å²) < 4.78 is 4.95. The normalized spacial score (nSPS) is 22.6. The molecule has 0 aromatic heterocycles. The average molecular weight is 284 g/mol. The summed E-state index contributed by atoms with van der Waals surface area (Å²) in [5.41, 5.74) is 6.07. The first-order valence-corrected chi connectivity index (χ1v) is 7.65. The lowest BCUT2D eigenvalue weighted by atomic mass is 9.84. The smallest absolute Gasteiger partial charge is 0.325 e. The van der Waals surface area contributed by atoms with Gasteiger partial charge in [-0.1, -0.05) is 26.7 Å². The van der Waals surface area contributed by atoms with E-state index in [9.17, 15) is 9.59 Å². The van der Waals surface area contributed by atoms with Crippen molar-refractivity contribution in [2.24, 2.45) is 17.6 Å². The Morgan fingerprint density at radius 2 is 1.95 bits per heavy atom. The fourth-order valence-corrected chi connectivity index (χ4v) is 2.74. The van der Waals surface area contributed by atoms with Gasteiger partial charge in [-0.05, 0) is 25.7 Å². The fraction of sp³-hybridized carbons (Fsp3) is 0.867. The molecule has 0 aromatic rings. The van der Waals surface area contributed by atoms with Gasteiger partial charge in [0, 0.05) is 12.6 Å². The average Bonchev–Trinajstić information content (AvgIpc) is 2.37. The van der Waals surface area contributed by atoms with Crippen LogP contribution < -0.4 is 5.73 Å². The third-order valence-corrected chi connectivity index (χ3v) is 3.66. The second kappa shape index (κ2) is 8.25. The van der Waals surface area contributed by atoms with Gasteiger partial charge in [-0.3, -0.25) is 9.59 Å². The van der Waals surface area contributed by atoms with Crippen LogP contribution in [0.2, 0.25) is 0 Å². The molecular formula is C15H28N2O3. The highest BCUT2D eigenvalue weighted by Crippen LogP contribution is 2.25. The number of hydrogen-bond acceptors (Lipinski definition) is 4. The molecule has 1 rings (SSSR count). The van der Waals surface area contributed by atoms with E-state index in [2.05, 4.69) is 0 Å². The van der Waals surface area contributed by atoms with Gasteiger partial charge in [-0.25, -0.2) is 0 Å². The summed E-state index contributed by atoms with van der Waals surface area (Å²) in [4.78, 5) is 25.9. The van der Waals surface area contributed by atoms with Crippen molar-refractivity contribution in [2.45, 2.75) is 52.5 Å². The second-order valence-corrected chi connectivity index (χ2v) is 5.97. The van der Waals surface area contributed by atoms with Gasteiger partial charge >= 0.3 is 5.97 Å². The van der Waals surface area contributed by atoms with Crippen molar-refractivity contribution in [3.05, 3.63) is 0 Å². The lowest BCUT2D eigenvalue weighted by Gasteiger charge is -2.33. The Hall–Kier alpha value is -1.10. The quantitative estimate of drug-likeness (QED) is 0.751. The van der Waals surface area contributed by atoms with E-state index in [1.54, 1.807) is 11.8 Å². The molecule has 0 aromatic carbocycles.